The number of hydrogen-bond donors (Lipinski definition) is 3. The van der Waals surface area contributed by atoms with Crippen molar-refractivity contribution in [3.05, 3.63) is 18.2 Å². The zero-order chi connectivity index (χ0) is 11.7. The number of nitrogen functional groups attached to an aromatic ring is 1. The van der Waals surface area contributed by atoms with Gasteiger partial charge in [-0.2, -0.15) is 5.10 Å². The molecule has 0 fully saturated rings. The molecule has 1 aromatic rings. The van der Waals surface area contributed by atoms with E-state index in [1.807, 2.05) is 0 Å². The van der Waals surface area contributed by atoms with Gasteiger partial charge in [0.15, 0.2) is 5.84 Å². The normalized spacial score (nSPS) is 17.4. The highest BCUT2D eigenvalue weighted by molar-refractivity contribution is 6.69. The van der Waals surface area contributed by atoms with Gasteiger partial charge in [-0.3, -0.25) is 0 Å². The van der Waals surface area contributed by atoms with Gasteiger partial charge in [0.25, 0.3) is 0 Å². The summed E-state index contributed by atoms with van der Waals surface area (Å²) in [6.45, 7) is 1.76. The molecule has 1 heterocycles. The highest BCUT2D eigenvalue weighted by Gasteiger charge is 2.15. The fraction of sp³-hybridized carbons (Fsp3) is 0.100. The van der Waals surface area contributed by atoms with Crippen LogP contribution < -0.4 is 11.5 Å². The fourth-order valence-electron chi connectivity index (χ4n) is 1.31. The van der Waals surface area contributed by atoms with Gasteiger partial charge in [-0.15, -0.1) is 5.10 Å². The van der Waals surface area contributed by atoms with E-state index in [1.165, 1.54) is 12.1 Å². The maximum absolute atomic E-state index is 9.20. The van der Waals surface area contributed by atoms with Gasteiger partial charge in [0.05, 0.1) is 17.1 Å². The molecule has 0 saturated carbocycles. The van der Waals surface area contributed by atoms with Crippen LogP contribution in [0.5, 0.6) is 5.75 Å². The zero-order valence-corrected chi connectivity index (χ0v) is 8.68. The highest BCUT2D eigenvalue weighted by Crippen LogP contribution is 2.26. The summed E-state index contributed by atoms with van der Waals surface area (Å²) in [5, 5.41) is 16.7. The van der Waals surface area contributed by atoms with Gasteiger partial charge in [0, 0.05) is 6.07 Å². The number of nitrogens with zero attached hydrogens (tertiary/aromatic N) is 3. The van der Waals surface area contributed by atoms with E-state index in [0.717, 1.165) is 0 Å². The molecule has 6 nitrogen and oxygen atoms in total. The van der Waals surface area contributed by atoms with Gasteiger partial charge in [0.1, 0.15) is 11.5 Å². The molecule has 0 saturated heterocycles. The zero-order valence-electron chi connectivity index (χ0n) is 8.68. The second kappa shape index (κ2) is 3.65. The first kappa shape index (κ1) is 10.2. The number of benzene rings is 1. The van der Waals surface area contributed by atoms with Crippen molar-refractivity contribution in [2.75, 3.05) is 5.73 Å². The van der Waals surface area contributed by atoms with E-state index < -0.39 is 0 Å². The first-order chi connectivity index (χ1) is 7.58. The Labute approximate surface area is 92.0 Å². The van der Waals surface area contributed by atoms with E-state index in [0.29, 0.717) is 22.8 Å². The van der Waals surface area contributed by atoms with Crippen LogP contribution in [0.4, 0.5) is 11.4 Å². The van der Waals surface area contributed by atoms with Crippen molar-refractivity contribution in [3.63, 3.8) is 0 Å². The summed E-state index contributed by atoms with van der Waals surface area (Å²) in [5.41, 5.74) is 13.4. The van der Waals surface area contributed by atoms with Crippen LogP contribution in [0.1, 0.15) is 6.92 Å². The molecule has 0 amide bonds. The second-order valence-corrected chi connectivity index (χ2v) is 3.37. The summed E-state index contributed by atoms with van der Waals surface area (Å²) < 4.78 is 0. The Hall–Kier alpha value is -2.37. The molecule has 0 aliphatic carbocycles. The minimum atomic E-state index is 0.0971. The molecule has 0 radical (unpaired) electrons. The molecule has 82 valence electrons. The summed E-state index contributed by atoms with van der Waals surface area (Å²) in [6.07, 6.45) is 0. The molecule has 0 spiro atoms. The number of hydrogen-bond acceptors (Lipinski definition) is 6. The van der Waals surface area contributed by atoms with Crippen molar-refractivity contribution in [3.8, 4) is 5.75 Å². The lowest BCUT2D eigenvalue weighted by Crippen LogP contribution is -2.25. The first-order valence-electron chi connectivity index (χ1n) is 4.63. The molecule has 0 bridgehead atoms. The minimum Gasteiger partial charge on any atom is -0.508 e. The fourth-order valence-corrected chi connectivity index (χ4v) is 1.31. The van der Waals surface area contributed by atoms with E-state index >= 15 is 0 Å². The Bertz CT molecular complexity index is 510. The van der Waals surface area contributed by atoms with Gasteiger partial charge >= 0.3 is 0 Å². The van der Waals surface area contributed by atoms with E-state index in [2.05, 4.69) is 15.2 Å². The lowest BCUT2D eigenvalue weighted by Gasteiger charge is -2.02. The predicted octanol–water partition coefficient (Wildman–Crippen LogP) is 0.794. The Morgan fingerprint density at radius 3 is 2.56 bits per heavy atom. The van der Waals surface area contributed by atoms with E-state index in [9.17, 15) is 5.11 Å². The molecule has 1 aliphatic heterocycles. The van der Waals surface area contributed by atoms with Crippen molar-refractivity contribution in [2.45, 2.75) is 6.92 Å². The molecule has 16 heavy (non-hydrogen) atoms. The molecule has 5 N–H and O–H groups in total. The molecular formula is C10H11N5O. The molecule has 0 atom stereocenters. The predicted molar refractivity (Wildman–Crippen MR) is 64.3 cm³/mol. The van der Waals surface area contributed by atoms with Gasteiger partial charge in [0.2, 0.25) is 0 Å². The third-order valence-corrected chi connectivity index (χ3v) is 2.14. The maximum atomic E-state index is 9.20. The average molecular weight is 217 g/mol. The highest BCUT2D eigenvalue weighted by atomic mass is 16.3. The van der Waals surface area contributed by atoms with Crippen LogP contribution in [0.25, 0.3) is 0 Å². The molecule has 1 aromatic carbocycles. The minimum absolute atomic E-state index is 0.0971. The first-order valence-corrected chi connectivity index (χ1v) is 4.63. The SMILES string of the molecule is CC1=NN=C(N)C1=Nc1ccc(O)cc1N. The third-order valence-electron chi connectivity index (χ3n) is 2.14. The van der Waals surface area contributed by atoms with Gasteiger partial charge < -0.3 is 16.6 Å². The van der Waals surface area contributed by atoms with Gasteiger partial charge in [-0.05, 0) is 19.1 Å². The van der Waals surface area contributed by atoms with Crippen LogP contribution in [-0.4, -0.2) is 22.4 Å². The number of aromatic hydroxyl groups is 1. The monoisotopic (exact) mass is 217 g/mol. The molecule has 6 heteroatoms. The number of phenols is 1. The van der Waals surface area contributed by atoms with Crippen LogP contribution in [0.15, 0.2) is 33.4 Å². The Morgan fingerprint density at radius 1 is 1.25 bits per heavy atom. The third kappa shape index (κ3) is 1.72. The molecule has 0 unspecified atom stereocenters. The summed E-state index contributed by atoms with van der Waals surface area (Å²) >= 11 is 0. The molecular weight excluding hydrogens is 206 g/mol. The standard InChI is InChI=1S/C10H11N5O/c1-5-9(10(12)15-14-5)13-8-3-2-6(16)4-7(8)11/h2-4,16H,11H2,1H3,(H2,12,13,15). The summed E-state index contributed by atoms with van der Waals surface area (Å²) in [4.78, 5) is 4.25. The number of anilines is 1. The largest absolute Gasteiger partial charge is 0.508 e. The average Bonchev–Trinajstić information content (AvgIpc) is 2.53. The molecule has 1 aliphatic rings. The van der Waals surface area contributed by atoms with E-state index in [1.54, 1.807) is 13.0 Å². The summed E-state index contributed by atoms with van der Waals surface area (Å²) in [6, 6.07) is 4.54. The Morgan fingerprint density at radius 2 is 2.00 bits per heavy atom. The quantitative estimate of drug-likeness (QED) is 0.605. The van der Waals surface area contributed by atoms with Crippen LogP contribution in [-0.2, 0) is 0 Å². The number of amidine groups is 1. The van der Waals surface area contributed by atoms with E-state index in [-0.39, 0.29) is 11.6 Å². The molecule has 2 rings (SSSR count). The number of nitrogens with two attached hydrogens (primary N) is 2. The van der Waals surface area contributed by atoms with Crippen LogP contribution in [0.2, 0.25) is 0 Å². The van der Waals surface area contributed by atoms with Crippen molar-refractivity contribution < 1.29 is 5.11 Å². The van der Waals surface area contributed by atoms with Crippen molar-refractivity contribution in [1.29, 1.82) is 0 Å². The van der Waals surface area contributed by atoms with Gasteiger partial charge in [-0.1, -0.05) is 0 Å². The Kier molecular flexibility index (Phi) is 2.32. The van der Waals surface area contributed by atoms with Crippen molar-refractivity contribution in [2.24, 2.45) is 20.9 Å². The maximum Gasteiger partial charge on any atom is 0.173 e. The van der Waals surface area contributed by atoms with Crippen molar-refractivity contribution in [1.82, 2.24) is 0 Å². The topological polar surface area (TPSA) is 109 Å². The second-order valence-electron chi connectivity index (χ2n) is 3.37. The number of phenolic OH excluding ortho intramolecular Hbond substituents is 1. The number of aliphatic imine (C=N–C) groups is 1. The Balaban J connectivity index is 2.44. The smallest absolute Gasteiger partial charge is 0.173 e. The lowest BCUT2D eigenvalue weighted by atomic mass is 10.2. The van der Waals surface area contributed by atoms with E-state index in [4.69, 9.17) is 11.5 Å². The summed E-state index contributed by atoms with van der Waals surface area (Å²) in [5.74, 6) is 0.366. The van der Waals surface area contributed by atoms with Crippen LogP contribution in [0.3, 0.4) is 0 Å². The van der Waals surface area contributed by atoms with Gasteiger partial charge in [-0.25, -0.2) is 4.99 Å². The summed E-state index contributed by atoms with van der Waals surface area (Å²) in [7, 11) is 0. The van der Waals surface area contributed by atoms with Crippen LogP contribution >= 0.6 is 0 Å². The van der Waals surface area contributed by atoms with Crippen LogP contribution in [0, 0.1) is 0 Å². The molecule has 0 aromatic heterocycles. The number of rotatable bonds is 1. The van der Waals surface area contributed by atoms with Crippen molar-refractivity contribution >= 4 is 28.6 Å². The lowest BCUT2D eigenvalue weighted by molar-refractivity contribution is 0.475.